The summed E-state index contributed by atoms with van der Waals surface area (Å²) in [6.45, 7) is 0. The Labute approximate surface area is 114 Å². The molecule has 2 heterocycles. The first-order valence-corrected chi connectivity index (χ1v) is 6.26. The second kappa shape index (κ2) is 5.60. The van der Waals surface area contributed by atoms with Crippen LogP contribution in [0.4, 0.5) is 0 Å². The van der Waals surface area contributed by atoms with Crippen LogP contribution >= 0.6 is 12.4 Å². The highest BCUT2D eigenvalue weighted by molar-refractivity contribution is 5.85. The van der Waals surface area contributed by atoms with Gasteiger partial charge in [0.05, 0.1) is 11.6 Å². The predicted molar refractivity (Wildman–Crippen MR) is 72.0 cm³/mol. The molecule has 3 nitrogen and oxygen atoms in total. The van der Waals surface area contributed by atoms with Crippen LogP contribution < -0.4 is 10.1 Å². The Hall–Kier alpha value is -1.24. The second-order valence-electron chi connectivity index (χ2n) is 4.99. The number of rotatable bonds is 2. The molecule has 0 saturated carbocycles. The molecule has 2 fully saturated rings. The van der Waals surface area contributed by atoms with Crippen LogP contribution in [-0.4, -0.2) is 18.2 Å². The van der Waals surface area contributed by atoms with E-state index in [4.69, 9.17) is 10.00 Å². The lowest BCUT2D eigenvalue weighted by Crippen LogP contribution is -2.42. The van der Waals surface area contributed by atoms with Crippen LogP contribution in [0.3, 0.4) is 0 Å². The molecule has 1 N–H and O–H groups in total. The van der Waals surface area contributed by atoms with Gasteiger partial charge in [-0.1, -0.05) is 0 Å². The number of nitrogens with one attached hydrogen (secondary N) is 1. The molecule has 2 saturated heterocycles. The average Bonchev–Trinajstić information content (AvgIpc) is 2.70. The van der Waals surface area contributed by atoms with Gasteiger partial charge in [0.1, 0.15) is 11.9 Å². The van der Waals surface area contributed by atoms with Gasteiger partial charge in [0.15, 0.2) is 0 Å². The molecular weight excluding hydrogens is 248 g/mol. The minimum atomic E-state index is 0. The number of fused-ring (bicyclic) bond motifs is 2. The van der Waals surface area contributed by atoms with Crippen LogP contribution in [0.5, 0.6) is 5.75 Å². The van der Waals surface area contributed by atoms with Gasteiger partial charge in [-0.2, -0.15) is 5.26 Å². The van der Waals surface area contributed by atoms with Gasteiger partial charge in [0.25, 0.3) is 0 Å². The molecule has 2 bridgehead atoms. The number of piperidine rings is 1. The topological polar surface area (TPSA) is 45.0 Å². The first-order valence-electron chi connectivity index (χ1n) is 6.26. The zero-order valence-corrected chi connectivity index (χ0v) is 11.0. The Bertz CT molecular complexity index is 428. The van der Waals surface area contributed by atoms with Gasteiger partial charge in [-0.15, -0.1) is 12.4 Å². The van der Waals surface area contributed by atoms with Crippen molar-refractivity contribution < 1.29 is 4.74 Å². The van der Waals surface area contributed by atoms with Crippen molar-refractivity contribution in [2.45, 2.75) is 43.9 Å². The van der Waals surface area contributed by atoms with Gasteiger partial charge < -0.3 is 10.1 Å². The number of halogens is 1. The zero-order valence-electron chi connectivity index (χ0n) is 10.1. The number of hydrogen-bond acceptors (Lipinski definition) is 3. The number of ether oxygens (including phenoxy) is 1. The minimum Gasteiger partial charge on any atom is -0.490 e. The number of hydrogen-bond donors (Lipinski definition) is 1. The summed E-state index contributed by atoms with van der Waals surface area (Å²) in [5.74, 6) is 0.885. The second-order valence-corrected chi connectivity index (χ2v) is 4.99. The summed E-state index contributed by atoms with van der Waals surface area (Å²) < 4.78 is 5.99. The Morgan fingerprint density at radius 2 is 1.72 bits per heavy atom. The summed E-state index contributed by atoms with van der Waals surface area (Å²) in [6.07, 6.45) is 5.13. The lowest BCUT2D eigenvalue weighted by molar-refractivity contribution is 0.137. The Morgan fingerprint density at radius 3 is 2.28 bits per heavy atom. The molecule has 2 unspecified atom stereocenters. The van der Waals surface area contributed by atoms with Crippen LogP contribution in [0.2, 0.25) is 0 Å². The molecule has 0 aromatic heterocycles. The fraction of sp³-hybridized carbons (Fsp3) is 0.500. The SMILES string of the molecule is Cl.N#Cc1ccc(OC2CC3CCC(C2)N3)cc1. The van der Waals surface area contributed by atoms with Crippen molar-refractivity contribution in [2.24, 2.45) is 0 Å². The number of benzene rings is 1. The molecule has 2 aliphatic heterocycles. The summed E-state index contributed by atoms with van der Waals surface area (Å²) in [5, 5.41) is 12.3. The number of nitriles is 1. The van der Waals surface area contributed by atoms with Crippen molar-refractivity contribution >= 4 is 12.4 Å². The third-order valence-electron chi connectivity index (χ3n) is 3.72. The molecule has 2 atom stereocenters. The van der Waals surface area contributed by atoms with E-state index >= 15 is 0 Å². The Morgan fingerprint density at radius 1 is 1.11 bits per heavy atom. The third kappa shape index (κ3) is 2.77. The quantitative estimate of drug-likeness (QED) is 0.893. The molecule has 1 aromatic rings. The maximum atomic E-state index is 8.73. The molecule has 96 valence electrons. The van der Waals surface area contributed by atoms with Crippen LogP contribution in [0.15, 0.2) is 24.3 Å². The van der Waals surface area contributed by atoms with E-state index in [1.807, 2.05) is 24.3 Å². The minimum absolute atomic E-state index is 0. The van der Waals surface area contributed by atoms with E-state index in [2.05, 4.69) is 11.4 Å². The molecule has 18 heavy (non-hydrogen) atoms. The molecule has 0 radical (unpaired) electrons. The van der Waals surface area contributed by atoms with E-state index < -0.39 is 0 Å². The van der Waals surface area contributed by atoms with Gasteiger partial charge in [-0.25, -0.2) is 0 Å². The highest BCUT2D eigenvalue weighted by Gasteiger charge is 2.34. The van der Waals surface area contributed by atoms with Crippen molar-refractivity contribution in [1.29, 1.82) is 5.26 Å². The molecule has 0 spiro atoms. The zero-order chi connectivity index (χ0) is 11.7. The molecule has 4 heteroatoms. The van der Waals surface area contributed by atoms with Gasteiger partial charge in [-0.05, 0) is 49.9 Å². The highest BCUT2D eigenvalue weighted by Crippen LogP contribution is 2.29. The van der Waals surface area contributed by atoms with Gasteiger partial charge in [0, 0.05) is 12.1 Å². The Kier molecular flexibility index (Phi) is 4.11. The summed E-state index contributed by atoms with van der Waals surface area (Å²) in [6, 6.07) is 10.8. The average molecular weight is 265 g/mol. The van der Waals surface area contributed by atoms with Crippen LogP contribution in [0.25, 0.3) is 0 Å². The highest BCUT2D eigenvalue weighted by atomic mass is 35.5. The van der Waals surface area contributed by atoms with E-state index in [1.54, 1.807) is 0 Å². The van der Waals surface area contributed by atoms with Crippen molar-refractivity contribution in [3.8, 4) is 11.8 Å². The molecule has 0 amide bonds. The maximum Gasteiger partial charge on any atom is 0.119 e. The van der Waals surface area contributed by atoms with Gasteiger partial charge in [0.2, 0.25) is 0 Å². The third-order valence-corrected chi connectivity index (χ3v) is 3.72. The van der Waals surface area contributed by atoms with E-state index in [0.717, 1.165) is 18.6 Å². The normalized spacial score (nSPS) is 29.2. The summed E-state index contributed by atoms with van der Waals surface area (Å²) in [4.78, 5) is 0. The van der Waals surface area contributed by atoms with Crippen LogP contribution in [-0.2, 0) is 0 Å². The van der Waals surface area contributed by atoms with Crippen LogP contribution in [0, 0.1) is 11.3 Å². The first kappa shape index (κ1) is 13.2. The monoisotopic (exact) mass is 264 g/mol. The van der Waals surface area contributed by atoms with Gasteiger partial charge >= 0.3 is 0 Å². The predicted octanol–water partition coefficient (Wildman–Crippen LogP) is 2.64. The van der Waals surface area contributed by atoms with Crippen molar-refractivity contribution in [2.75, 3.05) is 0 Å². The smallest absolute Gasteiger partial charge is 0.119 e. The lowest BCUT2D eigenvalue weighted by Gasteiger charge is -2.29. The summed E-state index contributed by atoms with van der Waals surface area (Å²) >= 11 is 0. The fourth-order valence-corrected chi connectivity index (χ4v) is 2.90. The molecule has 3 rings (SSSR count). The first-order chi connectivity index (χ1) is 8.33. The largest absolute Gasteiger partial charge is 0.490 e. The molecular formula is C14H17ClN2O. The summed E-state index contributed by atoms with van der Waals surface area (Å²) in [7, 11) is 0. The van der Waals surface area contributed by atoms with E-state index in [-0.39, 0.29) is 12.4 Å². The van der Waals surface area contributed by atoms with Crippen molar-refractivity contribution in [1.82, 2.24) is 5.32 Å². The van der Waals surface area contributed by atoms with E-state index in [0.29, 0.717) is 23.8 Å². The molecule has 1 aromatic carbocycles. The number of nitrogens with zero attached hydrogens (tertiary/aromatic N) is 1. The standard InChI is InChI=1S/C14H16N2O.ClH/c15-9-10-1-5-13(6-2-10)17-14-7-11-3-4-12(8-14)16-11;/h1-2,5-6,11-12,14,16H,3-4,7-8H2;1H. The maximum absolute atomic E-state index is 8.73. The van der Waals surface area contributed by atoms with Crippen molar-refractivity contribution in [3.05, 3.63) is 29.8 Å². The lowest BCUT2D eigenvalue weighted by atomic mass is 10.0. The fourth-order valence-electron chi connectivity index (χ4n) is 2.90. The van der Waals surface area contributed by atoms with E-state index in [1.165, 1.54) is 12.8 Å². The molecule has 2 aliphatic rings. The summed E-state index contributed by atoms with van der Waals surface area (Å²) in [5.41, 5.74) is 0.683. The van der Waals surface area contributed by atoms with E-state index in [9.17, 15) is 0 Å². The van der Waals surface area contributed by atoms with Crippen molar-refractivity contribution in [3.63, 3.8) is 0 Å². The van der Waals surface area contributed by atoms with Gasteiger partial charge in [-0.3, -0.25) is 0 Å². The molecule has 0 aliphatic carbocycles. The Balaban J connectivity index is 0.00000120. The van der Waals surface area contributed by atoms with Crippen LogP contribution in [0.1, 0.15) is 31.2 Å².